The van der Waals surface area contributed by atoms with Crippen molar-refractivity contribution >= 4 is 17.8 Å². The van der Waals surface area contributed by atoms with E-state index in [-0.39, 0.29) is 0 Å². The Morgan fingerprint density at radius 2 is 1.50 bits per heavy atom. The van der Waals surface area contributed by atoms with Crippen molar-refractivity contribution in [2.24, 2.45) is 7.05 Å². The molecule has 2 heteroatoms. The van der Waals surface area contributed by atoms with Gasteiger partial charge in [0, 0.05) is 30.9 Å². The van der Waals surface area contributed by atoms with Gasteiger partial charge in [0.25, 0.3) is 0 Å². The van der Waals surface area contributed by atoms with Gasteiger partial charge in [-0.3, -0.25) is 0 Å². The molecule has 0 N–H and O–H groups in total. The van der Waals surface area contributed by atoms with Gasteiger partial charge in [-0.15, -0.1) is 0 Å². The molecule has 0 fully saturated rings. The number of hydrogen-bond donors (Lipinski definition) is 0. The maximum atomic E-state index is 2.55. The standard InChI is InChI=1S/C22H31N2/c1-4-6-16-24(17-7-5-2)22-11-9-8-10-21(22)13-12-20-14-18-23(3)19-15-20/h8-15,18-19H,4-7,16-17H2,1-3H3/q+1. The van der Waals surface area contributed by atoms with E-state index in [1.807, 2.05) is 7.05 Å². The van der Waals surface area contributed by atoms with Gasteiger partial charge in [-0.1, -0.05) is 57.0 Å². The fraction of sp³-hybridized carbons (Fsp3) is 0.409. The number of pyridine rings is 1. The number of aromatic nitrogens is 1. The largest absolute Gasteiger partial charge is 0.371 e. The van der Waals surface area contributed by atoms with Crippen LogP contribution in [0.3, 0.4) is 0 Å². The van der Waals surface area contributed by atoms with Crippen LogP contribution in [-0.2, 0) is 7.05 Å². The molecule has 0 unspecified atom stereocenters. The molecule has 24 heavy (non-hydrogen) atoms. The van der Waals surface area contributed by atoms with Gasteiger partial charge in [-0.25, -0.2) is 4.57 Å². The van der Waals surface area contributed by atoms with E-state index >= 15 is 0 Å². The molecule has 0 aliphatic heterocycles. The Hall–Kier alpha value is -2.09. The Balaban J connectivity index is 2.21. The second-order valence-corrected chi connectivity index (χ2v) is 6.38. The molecule has 0 aliphatic carbocycles. The highest BCUT2D eigenvalue weighted by Crippen LogP contribution is 2.23. The number of rotatable bonds is 9. The molecule has 0 atom stereocenters. The smallest absolute Gasteiger partial charge is 0.169 e. The molecule has 0 spiro atoms. The van der Waals surface area contributed by atoms with Crippen molar-refractivity contribution < 1.29 is 4.57 Å². The average molecular weight is 324 g/mol. The van der Waals surface area contributed by atoms with Crippen LogP contribution in [0.15, 0.2) is 48.8 Å². The van der Waals surface area contributed by atoms with Gasteiger partial charge in [0.15, 0.2) is 12.4 Å². The molecule has 0 aliphatic rings. The maximum absolute atomic E-state index is 2.55. The molecule has 1 aromatic carbocycles. The zero-order valence-electron chi connectivity index (χ0n) is 15.4. The van der Waals surface area contributed by atoms with Crippen LogP contribution in [0.1, 0.15) is 50.7 Å². The molecule has 0 saturated heterocycles. The molecule has 2 rings (SSSR count). The lowest BCUT2D eigenvalue weighted by Crippen LogP contribution is -2.26. The number of anilines is 1. The van der Waals surface area contributed by atoms with Crippen molar-refractivity contribution in [1.29, 1.82) is 0 Å². The third-order valence-corrected chi connectivity index (χ3v) is 4.30. The van der Waals surface area contributed by atoms with Gasteiger partial charge in [-0.2, -0.15) is 0 Å². The van der Waals surface area contributed by atoms with Crippen molar-refractivity contribution in [3.8, 4) is 0 Å². The highest BCUT2D eigenvalue weighted by molar-refractivity contribution is 5.77. The number of hydrogen-bond acceptors (Lipinski definition) is 1. The Morgan fingerprint density at radius 3 is 2.12 bits per heavy atom. The lowest BCUT2D eigenvalue weighted by molar-refractivity contribution is -0.671. The normalized spacial score (nSPS) is 11.1. The minimum Gasteiger partial charge on any atom is -0.371 e. The summed E-state index contributed by atoms with van der Waals surface area (Å²) in [7, 11) is 2.04. The van der Waals surface area contributed by atoms with Crippen molar-refractivity contribution in [3.05, 3.63) is 59.9 Å². The summed E-state index contributed by atoms with van der Waals surface area (Å²) in [5, 5.41) is 0. The molecule has 2 nitrogen and oxygen atoms in total. The van der Waals surface area contributed by atoms with Crippen LogP contribution in [0, 0.1) is 0 Å². The molecule has 0 bridgehead atoms. The first-order valence-corrected chi connectivity index (χ1v) is 9.22. The second-order valence-electron chi connectivity index (χ2n) is 6.38. The molecular formula is C22H31N2+. The van der Waals surface area contributed by atoms with Gasteiger partial charge in [-0.05, 0) is 30.0 Å². The third-order valence-electron chi connectivity index (χ3n) is 4.30. The van der Waals surface area contributed by atoms with E-state index in [9.17, 15) is 0 Å². The van der Waals surface area contributed by atoms with Gasteiger partial charge >= 0.3 is 0 Å². The van der Waals surface area contributed by atoms with Crippen LogP contribution >= 0.6 is 0 Å². The molecule has 128 valence electrons. The Bertz CT molecular complexity index is 621. The first-order valence-electron chi connectivity index (χ1n) is 9.22. The molecule has 0 amide bonds. The summed E-state index contributed by atoms with van der Waals surface area (Å²) in [5.74, 6) is 0. The minimum atomic E-state index is 1.14. The first kappa shape index (κ1) is 18.3. The van der Waals surface area contributed by atoms with Crippen molar-refractivity contribution in [2.75, 3.05) is 18.0 Å². The number of benzene rings is 1. The van der Waals surface area contributed by atoms with Crippen molar-refractivity contribution in [2.45, 2.75) is 39.5 Å². The zero-order chi connectivity index (χ0) is 17.2. The Morgan fingerprint density at radius 1 is 0.875 bits per heavy atom. The monoisotopic (exact) mass is 323 g/mol. The van der Waals surface area contributed by atoms with Crippen LogP contribution in [0.5, 0.6) is 0 Å². The maximum Gasteiger partial charge on any atom is 0.169 e. The van der Waals surface area contributed by atoms with Crippen LogP contribution in [0.2, 0.25) is 0 Å². The number of nitrogens with zero attached hydrogens (tertiary/aromatic N) is 2. The summed E-state index contributed by atoms with van der Waals surface area (Å²) in [6.45, 7) is 6.81. The van der Waals surface area contributed by atoms with Gasteiger partial charge in [0.2, 0.25) is 0 Å². The van der Waals surface area contributed by atoms with Crippen LogP contribution in [-0.4, -0.2) is 13.1 Å². The summed E-state index contributed by atoms with van der Waals surface area (Å²) in [4.78, 5) is 2.55. The predicted molar refractivity (Wildman–Crippen MR) is 105 cm³/mol. The summed E-state index contributed by atoms with van der Waals surface area (Å²) >= 11 is 0. The quantitative estimate of drug-likeness (QED) is 0.583. The van der Waals surface area contributed by atoms with Crippen LogP contribution < -0.4 is 9.47 Å². The van der Waals surface area contributed by atoms with E-state index in [0.29, 0.717) is 0 Å². The van der Waals surface area contributed by atoms with Gasteiger partial charge < -0.3 is 4.90 Å². The summed E-state index contributed by atoms with van der Waals surface area (Å²) < 4.78 is 2.06. The van der Waals surface area contributed by atoms with E-state index in [1.54, 1.807) is 0 Å². The molecule has 1 aromatic heterocycles. The van der Waals surface area contributed by atoms with Crippen LogP contribution in [0.4, 0.5) is 5.69 Å². The van der Waals surface area contributed by atoms with E-state index in [1.165, 1.54) is 42.5 Å². The fourth-order valence-electron chi connectivity index (χ4n) is 2.78. The Kier molecular flexibility index (Phi) is 7.54. The highest BCUT2D eigenvalue weighted by atomic mass is 15.1. The fourth-order valence-corrected chi connectivity index (χ4v) is 2.78. The minimum absolute atomic E-state index is 1.14. The number of aryl methyl sites for hydroxylation is 1. The molecule has 1 heterocycles. The van der Waals surface area contributed by atoms with E-state index < -0.39 is 0 Å². The highest BCUT2D eigenvalue weighted by Gasteiger charge is 2.08. The Labute approximate surface area is 147 Å². The van der Waals surface area contributed by atoms with Gasteiger partial charge in [0.1, 0.15) is 7.05 Å². The average Bonchev–Trinajstić information content (AvgIpc) is 2.62. The van der Waals surface area contributed by atoms with Gasteiger partial charge in [0.05, 0.1) is 0 Å². The second kappa shape index (κ2) is 9.92. The lowest BCUT2D eigenvalue weighted by Gasteiger charge is -2.26. The summed E-state index contributed by atoms with van der Waals surface area (Å²) in [6, 6.07) is 13.1. The molecule has 0 saturated carbocycles. The zero-order valence-corrected chi connectivity index (χ0v) is 15.4. The summed E-state index contributed by atoms with van der Waals surface area (Å²) in [5.41, 5.74) is 3.90. The summed E-state index contributed by atoms with van der Waals surface area (Å²) in [6.07, 6.45) is 13.6. The number of unbranched alkanes of at least 4 members (excludes halogenated alkanes) is 2. The van der Waals surface area contributed by atoms with Crippen LogP contribution in [0.25, 0.3) is 12.2 Å². The van der Waals surface area contributed by atoms with E-state index in [0.717, 1.165) is 13.1 Å². The lowest BCUT2D eigenvalue weighted by atomic mass is 10.1. The predicted octanol–water partition coefficient (Wildman–Crippen LogP) is 5.09. The third kappa shape index (κ3) is 5.52. The van der Waals surface area contributed by atoms with Crippen molar-refractivity contribution in [1.82, 2.24) is 0 Å². The first-order chi connectivity index (χ1) is 11.7. The topological polar surface area (TPSA) is 7.12 Å². The van der Waals surface area contributed by atoms with Crippen molar-refractivity contribution in [3.63, 3.8) is 0 Å². The van der Waals surface area contributed by atoms with E-state index in [4.69, 9.17) is 0 Å². The molecule has 0 radical (unpaired) electrons. The molecular weight excluding hydrogens is 292 g/mol. The number of para-hydroxylation sites is 1. The van der Waals surface area contributed by atoms with E-state index in [2.05, 4.69) is 84.3 Å². The molecule has 2 aromatic rings. The SMILES string of the molecule is CCCCN(CCCC)c1ccccc1/C=C/c1cc[n+](C)cc1.